The molecule has 0 aliphatic heterocycles. The molecule has 4 aromatic rings. The van der Waals surface area contributed by atoms with E-state index in [-0.39, 0.29) is 5.91 Å². The SMILES string of the molecule is CCn1c(=NC(=O)c2nc3ccccc3s2)sc2c(Cl)ccc(C)c21. The minimum absolute atomic E-state index is 0.316. The molecule has 1 amide bonds. The van der Waals surface area contributed by atoms with Crippen LogP contribution in [0.25, 0.3) is 20.4 Å². The van der Waals surface area contributed by atoms with Crippen LogP contribution >= 0.6 is 34.3 Å². The fourth-order valence-corrected chi connectivity index (χ4v) is 5.09. The van der Waals surface area contributed by atoms with E-state index in [4.69, 9.17) is 11.6 Å². The van der Waals surface area contributed by atoms with Crippen LogP contribution in [0.5, 0.6) is 0 Å². The Morgan fingerprint density at radius 2 is 2.04 bits per heavy atom. The number of halogens is 1. The molecule has 2 heterocycles. The molecule has 4 nitrogen and oxygen atoms in total. The molecule has 0 saturated carbocycles. The van der Waals surface area contributed by atoms with Gasteiger partial charge in [-0.1, -0.05) is 41.1 Å². The highest BCUT2D eigenvalue weighted by Crippen LogP contribution is 2.29. The second-order valence-electron chi connectivity index (χ2n) is 5.57. The molecule has 0 unspecified atom stereocenters. The maximum Gasteiger partial charge on any atom is 0.308 e. The van der Waals surface area contributed by atoms with E-state index < -0.39 is 0 Å². The van der Waals surface area contributed by atoms with Gasteiger partial charge in [-0.3, -0.25) is 4.79 Å². The number of carbonyl (C=O) groups is 1. The molecule has 126 valence electrons. The van der Waals surface area contributed by atoms with Crippen molar-refractivity contribution in [1.29, 1.82) is 0 Å². The average Bonchev–Trinajstić information content (AvgIpc) is 3.20. The van der Waals surface area contributed by atoms with Crippen molar-refractivity contribution in [2.75, 3.05) is 0 Å². The number of para-hydroxylation sites is 1. The molecule has 7 heteroatoms. The Bertz CT molecular complexity index is 1150. The number of aromatic nitrogens is 2. The van der Waals surface area contributed by atoms with Gasteiger partial charge in [-0.25, -0.2) is 4.98 Å². The first kappa shape index (κ1) is 16.4. The Labute approximate surface area is 157 Å². The van der Waals surface area contributed by atoms with Gasteiger partial charge in [-0.15, -0.1) is 11.3 Å². The summed E-state index contributed by atoms with van der Waals surface area (Å²) in [7, 11) is 0. The largest absolute Gasteiger partial charge is 0.316 e. The Kier molecular flexibility index (Phi) is 4.19. The molecular formula is C18H14ClN3OS2. The number of benzene rings is 2. The minimum atomic E-state index is -0.316. The molecule has 0 aliphatic rings. The highest BCUT2D eigenvalue weighted by molar-refractivity contribution is 7.20. The van der Waals surface area contributed by atoms with Gasteiger partial charge in [0.2, 0.25) is 0 Å². The van der Waals surface area contributed by atoms with Gasteiger partial charge in [0.05, 0.1) is 25.5 Å². The van der Waals surface area contributed by atoms with Crippen LogP contribution < -0.4 is 4.80 Å². The quantitative estimate of drug-likeness (QED) is 0.484. The lowest BCUT2D eigenvalue weighted by Crippen LogP contribution is -2.16. The Morgan fingerprint density at radius 3 is 2.80 bits per heavy atom. The summed E-state index contributed by atoms with van der Waals surface area (Å²) in [6.45, 7) is 4.79. The summed E-state index contributed by atoms with van der Waals surface area (Å²) < 4.78 is 3.98. The van der Waals surface area contributed by atoms with Crippen molar-refractivity contribution >= 4 is 60.6 Å². The summed E-state index contributed by atoms with van der Waals surface area (Å²) in [5, 5.41) is 1.09. The van der Waals surface area contributed by atoms with Crippen molar-refractivity contribution in [2.24, 2.45) is 4.99 Å². The zero-order valence-corrected chi connectivity index (χ0v) is 16.0. The summed E-state index contributed by atoms with van der Waals surface area (Å²) in [5.41, 5.74) is 2.98. The van der Waals surface area contributed by atoms with Crippen LogP contribution in [-0.2, 0) is 6.54 Å². The minimum Gasteiger partial charge on any atom is -0.316 e. The smallest absolute Gasteiger partial charge is 0.308 e. The van der Waals surface area contributed by atoms with E-state index >= 15 is 0 Å². The van der Waals surface area contributed by atoms with E-state index in [1.165, 1.54) is 22.7 Å². The zero-order valence-electron chi connectivity index (χ0n) is 13.6. The van der Waals surface area contributed by atoms with Gasteiger partial charge in [0.15, 0.2) is 9.81 Å². The molecule has 0 saturated heterocycles. The third kappa shape index (κ3) is 2.80. The lowest BCUT2D eigenvalue weighted by Gasteiger charge is -2.03. The van der Waals surface area contributed by atoms with E-state index in [2.05, 4.69) is 9.98 Å². The molecule has 0 bridgehead atoms. The van der Waals surface area contributed by atoms with Crippen LogP contribution in [0.2, 0.25) is 5.02 Å². The summed E-state index contributed by atoms with van der Waals surface area (Å²) >= 11 is 9.14. The number of thiazole rings is 2. The second-order valence-corrected chi connectivity index (χ2v) is 7.99. The maximum atomic E-state index is 12.6. The van der Waals surface area contributed by atoms with Gasteiger partial charge < -0.3 is 4.57 Å². The van der Waals surface area contributed by atoms with Crippen molar-refractivity contribution in [3.05, 3.63) is 56.8 Å². The summed E-state index contributed by atoms with van der Waals surface area (Å²) in [5.74, 6) is -0.316. The molecular weight excluding hydrogens is 374 g/mol. The Balaban J connectivity index is 1.89. The highest BCUT2D eigenvalue weighted by Gasteiger charge is 2.14. The fourth-order valence-electron chi connectivity index (χ4n) is 2.79. The van der Waals surface area contributed by atoms with E-state index in [0.29, 0.717) is 21.4 Å². The van der Waals surface area contributed by atoms with Gasteiger partial charge in [-0.05, 0) is 37.6 Å². The molecule has 0 radical (unpaired) electrons. The summed E-state index contributed by atoms with van der Waals surface area (Å²) in [4.78, 5) is 22.0. The van der Waals surface area contributed by atoms with E-state index in [1.54, 1.807) is 0 Å². The molecule has 4 rings (SSSR count). The average molecular weight is 388 g/mol. The van der Waals surface area contributed by atoms with Gasteiger partial charge >= 0.3 is 5.91 Å². The Hall–Kier alpha value is -2.02. The van der Waals surface area contributed by atoms with Crippen LogP contribution in [0.15, 0.2) is 41.4 Å². The third-order valence-electron chi connectivity index (χ3n) is 3.97. The van der Waals surface area contributed by atoms with Crippen molar-refractivity contribution < 1.29 is 4.79 Å². The molecule has 2 aromatic carbocycles. The molecule has 0 N–H and O–H groups in total. The van der Waals surface area contributed by atoms with Gasteiger partial charge in [-0.2, -0.15) is 4.99 Å². The number of hydrogen-bond donors (Lipinski definition) is 0. The van der Waals surface area contributed by atoms with Crippen molar-refractivity contribution in [2.45, 2.75) is 20.4 Å². The van der Waals surface area contributed by atoms with Crippen LogP contribution in [0.4, 0.5) is 0 Å². The summed E-state index contributed by atoms with van der Waals surface area (Å²) in [6, 6.07) is 11.6. The lowest BCUT2D eigenvalue weighted by atomic mass is 10.2. The third-order valence-corrected chi connectivity index (χ3v) is 6.53. The van der Waals surface area contributed by atoms with E-state index in [1.807, 2.05) is 54.8 Å². The normalized spacial score (nSPS) is 12.4. The fraction of sp³-hybridized carbons (Fsp3) is 0.167. The first-order valence-electron chi connectivity index (χ1n) is 7.81. The standard InChI is InChI=1S/C18H14ClN3OS2/c1-3-22-14-10(2)8-9-11(19)15(14)25-18(22)21-16(23)17-20-12-6-4-5-7-13(12)24-17/h4-9H,3H2,1-2H3. The van der Waals surface area contributed by atoms with Crippen LogP contribution in [0.1, 0.15) is 22.3 Å². The number of fused-ring (bicyclic) bond motifs is 2. The topological polar surface area (TPSA) is 47.2 Å². The second kappa shape index (κ2) is 6.37. The monoisotopic (exact) mass is 387 g/mol. The first-order valence-corrected chi connectivity index (χ1v) is 9.82. The lowest BCUT2D eigenvalue weighted by molar-refractivity contribution is 0.0997. The number of aryl methyl sites for hydroxylation is 2. The van der Waals surface area contributed by atoms with Gasteiger partial charge in [0.25, 0.3) is 0 Å². The molecule has 0 atom stereocenters. The van der Waals surface area contributed by atoms with Crippen molar-refractivity contribution in [1.82, 2.24) is 9.55 Å². The number of amides is 1. The summed E-state index contributed by atoms with van der Waals surface area (Å²) in [6.07, 6.45) is 0. The molecule has 2 aromatic heterocycles. The number of hydrogen-bond acceptors (Lipinski definition) is 4. The van der Waals surface area contributed by atoms with Crippen LogP contribution in [0.3, 0.4) is 0 Å². The first-order chi connectivity index (χ1) is 12.1. The van der Waals surface area contributed by atoms with E-state index in [0.717, 1.165) is 26.0 Å². The van der Waals surface area contributed by atoms with Crippen LogP contribution in [0, 0.1) is 6.92 Å². The maximum absolute atomic E-state index is 12.6. The molecule has 0 fully saturated rings. The zero-order chi connectivity index (χ0) is 17.6. The van der Waals surface area contributed by atoms with Crippen LogP contribution in [-0.4, -0.2) is 15.5 Å². The predicted molar refractivity (Wildman–Crippen MR) is 105 cm³/mol. The highest BCUT2D eigenvalue weighted by atomic mass is 35.5. The van der Waals surface area contributed by atoms with Crippen molar-refractivity contribution in [3.8, 4) is 0 Å². The predicted octanol–water partition coefficient (Wildman–Crippen LogP) is 5.04. The Morgan fingerprint density at radius 1 is 1.24 bits per heavy atom. The van der Waals surface area contributed by atoms with Crippen molar-refractivity contribution in [3.63, 3.8) is 0 Å². The molecule has 0 spiro atoms. The van der Waals surface area contributed by atoms with E-state index in [9.17, 15) is 4.79 Å². The molecule has 25 heavy (non-hydrogen) atoms. The number of nitrogens with zero attached hydrogens (tertiary/aromatic N) is 3. The number of carbonyl (C=O) groups excluding carboxylic acids is 1. The van der Waals surface area contributed by atoms with Gasteiger partial charge in [0, 0.05) is 6.54 Å². The number of rotatable bonds is 2. The molecule has 0 aliphatic carbocycles. The van der Waals surface area contributed by atoms with Gasteiger partial charge in [0.1, 0.15) is 0 Å².